The quantitative estimate of drug-likeness (QED) is 0.408. The molecule has 180 valence electrons. The van der Waals surface area contributed by atoms with Crippen LogP contribution in [0.3, 0.4) is 0 Å². The summed E-state index contributed by atoms with van der Waals surface area (Å²) in [5, 5.41) is 0.899. The van der Waals surface area contributed by atoms with Crippen LogP contribution in [0.5, 0.6) is 0 Å². The number of amides is 1. The van der Waals surface area contributed by atoms with Crippen LogP contribution in [-0.4, -0.2) is 54.3 Å². The van der Waals surface area contributed by atoms with Crippen LogP contribution in [0.25, 0.3) is 10.9 Å². The van der Waals surface area contributed by atoms with Gasteiger partial charge >= 0.3 is 0 Å². The summed E-state index contributed by atoms with van der Waals surface area (Å²) in [5.74, 6) is -0.558. The third-order valence-electron chi connectivity index (χ3n) is 6.43. The third-order valence-corrected chi connectivity index (χ3v) is 8.28. The van der Waals surface area contributed by atoms with Crippen LogP contribution >= 0.6 is 0 Å². The number of hydrogen-bond donors (Lipinski definition) is 0. The Bertz CT molecular complexity index is 1460. The maximum absolute atomic E-state index is 14.4. The Balaban J connectivity index is 1.35. The molecule has 4 aromatic rings. The van der Waals surface area contributed by atoms with Crippen molar-refractivity contribution in [3.8, 4) is 0 Å². The Morgan fingerprint density at radius 2 is 1.49 bits per heavy atom. The van der Waals surface area contributed by atoms with Crippen LogP contribution in [0.4, 0.5) is 4.39 Å². The number of carbonyl (C=O) groups excluding carboxylic acids is 1. The zero-order valence-electron chi connectivity index (χ0n) is 19.2. The largest absolute Gasteiger partial charge is 0.335 e. The van der Waals surface area contributed by atoms with Crippen molar-refractivity contribution in [2.75, 3.05) is 26.2 Å². The summed E-state index contributed by atoms with van der Waals surface area (Å²) in [6.45, 7) is 1.32. The minimum Gasteiger partial charge on any atom is -0.335 e. The van der Waals surface area contributed by atoms with Gasteiger partial charge in [-0.3, -0.25) is 4.79 Å². The third kappa shape index (κ3) is 4.85. The Morgan fingerprint density at radius 1 is 0.829 bits per heavy atom. The first kappa shape index (κ1) is 23.3. The first-order valence-corrected chi connectivity index (χ1v) is 13.2. The molecule has 0 spiro atoms. The highest BCUT2D eigenvalue weighted by Gasteiger charge is 2.30. The molecule has 1 fully saturated rings. The van der Waals surface area contributed by atoms with Gasteiger partial charge in [0.25, 0.3) is 5.91 Å². The molecule has 6 nitrogen and oxygen atoms in total. The van der Waals surface area contributed by atoms with E-state index < -0.39 is 10.0 Å². The molecule has 1 aliphatic heterocycles. The molecule has 1 saturated heterocycles. The number of rotatable bonds is 6. The summed E-state index contributed by atoms with van der Waals surface area (Å²) < 4.78 is 43.5. The van der Waals surface area contributed by atoms with Crippen molar-refractivity contribution in [1.82, 2.24) is 13.8 Å². The van der Waals surface area contributed by atoms with Crippen LogP contribution in [0.15, 0.2) is 84.9 Å². The first-order chi connectivity index (χ1) is 16.9. The van der Waals surface area contributed by atoms with Gasteiger partial charge < -0.3 is 9.47 Å². The van der Waals surface area contributed by atoms with Gasteiger partial charge in [0.05, 0.1) is 12.3 Å². The molecule has 5 rings (SSSR count). The molecule has 0 atom stereocenters. The summed E-state index contributed by atoms with van der Waals surface area (Å²) in [7, 11) is -3.48. The summed E-state index contributed by atoms with van der Waals surface area (Å²) in [4.78, 5) is 15.2. The predicted molar refractivity (Wildman–Crippen MR) is 134 cm³/mol. The molecule has 0 N–H and O–H groups in total. The molecule has 0 unspecified atom stereocenters. The van der Waals surface area contributed by atoms with Crippen LogP contribution < -0.4 is 0 Å². The molecule has 1 aliphatic rings. The number of benzene rings is 3. The van der Waals surface area contributed by atoms with Crippen LogP contribution in [0, 0.1) is 5.82 Å². The highest BCUT2D eigenvalue weighted by Crippen LogP contribution is 2.24. The Labute approximate surface area is 204 Å². The summed E-state index contributed by atoms with van der Waals surface area (Å²) >= 11 is 0. The minimum absolute atomic E-state index is 0.0569. The van der Waals surface area contributed by atoms with Crippen molar-refractivity contribution in [2.24, 2.45) is 0 Å². The van der Waals surface area contributed by atoms with E-state index in [9.17, 15) is 17.6 Å². The van der Waals surface area contributed by atoms with Crippen molar-refractivity contribution in [3.63, 3.8) is 0 Å². The minimum atomic E-state index is -3.48. The zero-order chi connectivity index (χ0) is 24.4. The Kier molecular flexibility index (Phi) is 6.40. The summed E-state index contributed by atoms with van der Waals surface area (Å²) in [5.41, 5.74) is 2.56. The van der Waals surface area contributed by atoms with Crippen molar-refractivity contribution in [3.05, 3.63) is 108 Å². The lowest BCUT2D eigenvalue weighted by molar-refractivity contribution is 0.0688. The second-order valence-corrected chi connectivity index (χ2v) is 10.7. The van der Waals surface area contributed by atoms with Crippen LogP contribution in [0.1, 0.15) is 21.6 Å². The number of nitrogens with zero attached hydrogens (tertiary/aromatic N) is 3. The average molecular weight is 492 g/mol. The second kappa shape index (κ2) is 9.64. The molecule has 8 heteroatoms. The standard InChI is InChI=1S/C27H26FN3O3S/c28-24-12-6-4-11-23(24)19-31-25-13-7-5-10-22(25)18-26(31)27(32)29-14-16-30(17-15-29)35(33,34)20-21-8-2-1-3-9-21/h1-13,18H,14-17,19-20H2. The number of hydrogen-bond acceptors (Lipinski definition) is 3. The van der Waals surface area contributed by atoms with Crippen molar-refractivity contribution in [1.29, 1.82) is 0 Å². The molecule has 0 saturated carbocycles. The van der Waals surface area contributed by atoms with Crippen LogP contribution in [0.2, 0.25) is 0 Å². The number of para-hydroxylation sites is 1. The predicted octanol–water partition coefficient (Wildman–Crippen LogP) is 4.12. The molecular weight excluding hydrogens is 465 g/mol. The molecule has 1 aromatic heterocycles. The maximum Gasteiger partial charge on any atom is 0.270 e. The van der Waals surface area contributed by atoms with E-state index in [1.54, 1.807) is 35.2 Å². The van der Waals surface area contributed by atoms with Gasteiger partial charge in [-0.05, 0) is 23.8 Å². The fourth-order valence-electron chi connectivity index (χ4n) is 4.56. The lowest BCUT2D eigenvalue weighted by Gasteiger charge is -2.34. The Hall–Kier alpha value is -3.49. The first-order valence-electron chi connectivity index (χ1n) is 11.5. The second-order valence-electron chi connectivity index (χ2n) is 8.70. The van der Waals surface area contributed by atoms with Crippen LogP contribution in [-0.2, 0) is 22.3 Å². The SMILES string of the molecule is O=C(c1cc2ccccc2n1Cc1ccccc1F)N1CCN(S(=O)(=O)Cc2ccccc2)CC1. The van der Waals surface area contributed by atoms with Gasteiger partial charge in [-0.15, -0.1) is 0 Å². The van der Waals surface area contributed by atoms with Crippen molar-refractivity contribution >= 4 is 26.8 Å². The fourth-order valence-corrected chi connectivity index (χ4v) is 6.08. The maximum atomic E-state index is 14.4. The van der Waals surface area contributed by atoms with E-state index in [2.05, 4.69) is 0 Å². The fraction of sp³-hybridized carbons (Fsp3) is 0.222. The van der Waals surface area contributed by atoms with E-state index in [0.717, 1.165) is 16.5 Å². The topological polar surface area (TPSA) is 62.6 Å². The van der Waals surface area contributed by atoms with Crippen molar-refractivity contribution < 1.29 is 17.6 Å². The van der Waals surface area contributed by atoms with Gasteiger partial charge in [-0.2, -0.15) is 4.31 Å². The van der Waals surface area contributed by atoms with E-state index in [1.165, 1.54) is 10.4 Å². The number of halogens is 1. The lowest BCUT2D eigenvalue weighted by Crippen LogP contribution is -2.51. The van der Waals surface area contributed by atoms with Gasteiger partial charge in [0.2, 0.25) is 10.0 Å². The highest BCUT2D eigenvalue weighted by atomic mass is 32.2. The normalized spacial score (nSPS) is 14.9. The van der Waals surface area contributed by atoms with Crippen molar-refractivity contribution in [2.45, 2.75) is 12.3 Å². The highest BCUT2D eigenvalue weighted by molar-refractivity contribution is 7.88. The molecule has 0 aliphatic carbocycles. The van der Waals surface area contributed by atoms with Gasteiger partial charge in [0, 0.05) is 42.6 Å². The van der Waals surface area contributed by atoms with Gasteiger partial charge in [0.15, 0.2) is 0 Å². The summed E-state index contributed by atoms with van der Waals surface area (Å²) in [6.07, 6.45) is 0. The number of aromatic nitrogens is 1. The molecular formula is C27H26FN3O3S. The summed E-state index contributed by atoms with van der Waals surface area (Å²) in [6, 6.07) is 25.1. The molecule has 0 radical (unpaired) electrons. The zero-order valence-corrected chi connectivity index (χ0v) is 20.0. The molecule has 0 bridgehead atoms. The Morgan fingerprint density at radius 3 is 2.23 bits per heavy atom. The number of carbonyl (C=O) groups is 1. The van der Waals surface area contributed by atoms with E-state index in [0.29, 0.717) is 24.3 Å². The molecule has 1 amide bonds. The van der Waals surface area contributed by atoms with Gasteiger partial charge in [-0.1, -0.05) is 66.7 Å². The van der Waals surface area contributed by atoms with E-state index in [4.69, 9.17) is 0 Å². The smallest absolute Gasteiger partial charge is 0.270 e. The van der Waals surface area contributed by atoms with Gasteiger partial charge in [-0.25, -0.2) is 12.8 Å². The van der Waals surface area contributed by atoms with E-state index in [-0.39, 0.29) is 37.1 Å². The monoisotopic (exact) mass is 491 g/mol. The van der Waals surface area contributed by atoms with Gasteiger partial charge in [0.1, 0.15) is 11.5 Å². The molecule has 2 heterocycles. The lowest BCUT2D eigenvalue weighted by atomic mass is 10.2. The number of sulfonamides is 1. The van der Waals surface area contributed by atoms with E-state index >= 15 is 0 Å². The molecule has 3 aromatic carbocycles. The molecule has 35 heavy (non-hydrogen) atoms. The van der Waals surface area contributed by atoms with E-state index in [1.807, 2.05) is 53.1 Å². The average Bonchev–Trinajstić information content (AvgIpc) is 3.24. The number of piperazine rings is 1. The number of fused-ring (bicyclic) bond motifs is 1.